The molecule has 0 aliphatic rings. The second-order valence-corrected chi connectivity index (χ2v) is 13.4. The molecule has 0 aromatic heterocycles. The minimum Gasteiger partial charge on any atom is -0.508 e. The number of likely N-dealkylation sites (N-methyl/N-ethyl adjacent to an activating group) is 1. The Bertz CT molecular complexity index is 1680. The number of benzene rings is 3. The molecule has 0 fully saturated rings. The number of phenols is 1. The van der Waals surface area contributed by atoms with Crippen molar-refractivity contribution in [3.63, 3.8) is 0 Å². The molecule has 0 spiro atoms. The van der Waals surface area contributed by atoms with Crippen LogP contribution in [0.4, 0.5) is 4.39 Å². The van der Waals surface area contributed by atoms with Gasteiger partial charge in [-0.3, -0.25) is 24.0 Å². The van der Waals surface area contributed by atoms with E-state index in [-0.39, 0.29) is 49.7 Å². The predicted molar refractivity (Wildman–Crippen MR) is 199 cm³/mol. The zero-order valence-corrected chi connectivity index (χ0v) is 30.8. The van der Waals surface area contributed by atoms with Gasteiger partial charge in [0, 0.05) is 26.4 Å². The van der Waals surface area contributed by atoms with Crippen molar-refractivity contribution in [1.29, 1.82) is 0 Å². The SMILES string of the molecule is Cc1cc(C[C@H](N)C(=O)N[C@@H](CO)C(=O)NCCCC[C@H]([C]=O)NC(=O)[C@H](Cc2ccc(O)cc2)N(C)C(=O)CCc2ccc(F)cc2)cc(C)c1C. The van der Waals surface area contributed by atoms with Crippen LogP contribution >= 0.6 is 0 Å². The van der Waals surface area contributed by atoms with Crippen molar-refractivity contribution < 1.29 is 38.6 Å². The van der Waals surface area contributed by atoms with Crippen molar-refractivity contribution in [2.45, 2.75) is 89.9 Å². The zero-order chi connectivity index (χ0) is 39.1. The third-order valence-corrected chi connectivity index (χ3v) is 9.34. The molecular formula is C40H51FN5O7. The minimum atomic E-state index is -1.20. The molecule has 12 nitrogen and oxygen atoms in total. The summed E-state index contributed by atoms with van der Waals surface area (Å²) in [6.07, 6.45) is 3.64. The van der Waals surface area contributed by atoms with Gasteiger partial charge in [0.15, 0.2) is 0 Å². The lowest BCUT2D eigenvalue weighted by molar-refractivity contribution is -0.139. The number of carbonyl (C=O) groups is 4. The number of hydrogen-bond donors (Lipinski definition) is 6. The molecule has 0 saturated carbocycles. The Kier molecular flexibility index (Phi) is 16.6. The second-order valence-electron chi connectivity index (χ2n) is 13.4. The maximum atomic E-state index is 13.5. The van der Waals surface area contributed by atoms with Crippen molar-refractivity contribution in [3.05, 3.63) is 99.9 Å². The van der Waals surface area contributed by atoms with Crippen LogP contribution in [0.3, 0.4) is 0 Å². The topological polar surface area (TPSA) is 191 Å². The molecule has 13 heteroatoms. The monoisotopic (exact) mass is 732 g/mol. The summed E-state index contributed by atoms with van der Waals surface area (Å²) in [4.78, 5) is 65.3. The van der Waals surface area contributed by atoms with Gasteiger partial charge in [-0.05, 0) is 111 Å². The van der Waals surface area contributed by atoms with E-state index in [1.807, 2.05) is 39.2 Å². The molecule has 0 heterocycles. The molecule has 1 radical (unpaired) electrons. The fraction of sp³-hybridized carbons (Fsp3) is 0.425. The quantitative estimate of drug-likeness (QED) is 0.0955. The van der Waals surface area contributed by atoms with E-state index in [4.69, 9.17) is 5.73 Å². The van der Waals surface area contributed by atoms with Crippen molar-refractivity contribution in [3.8, 4) is 5.75 Å². The van der Waals surface area contributed by atoms with E-state index in [0.29, 0.717) is 24.8 Å². The van der Waals surface area contributed by atoms with Crippen molar-refractivity contribution in [2.75, 3.05) is 20.2 Å². The molecule has 4 atom stereocenters. The average Bonchev–Trinajstić information content (AvgIpc) is 3.14. The first-order valence-corrected chi connectivity index (χ1v) is 17.7. The number of phenolic OH excluding ortho intramolecular Hbond substituents is 1. The Labute approximate surface area is 310 Å². The van der Waals surface area contributed by atoms with Gasteiger partial charge in [-0.15, -0.1) is 0 Å². The van der Waals surface area contributed by atoms with Gasteiger partial charge in [-0.25, -0.2) is 4.39 Å². The number of aliphatic hydroxyl groups excluding tert-OH is 1. The van der Waals surface area contributed by atoms with Crippen LogP contribution in [-0.4, -0.2) is 89.4 Å². The van der Waals surface area contributed by atoms with Crippen LogP contribution in [0.1, 0.15) is 59.1 Å². The van der Waals surface area contributed by atoms with Gasteiger partial charge in [0.05, 0.1) is 18.7 Å². The molecule has 3 aromatic carbocycles. The number of rotatable bonds is 20. The normalized spacial score (nSPS) is 13.3. The number of hydrogen-bond acceptors (Lipinski definition) is 8. The van der Waals surface area contributed by atoms with Crippen molar-refractivity contribution in [1.82, 2.24) is 20.9 Å². The van der Waals surface area contributed by atoms with E-state index >= 15 is 0 Å². The van der Waals surface area contributed by atoms with Crippen LogP contribution in [0.25, 0.3) is 0 Å². The Morgan fingerprint density at radius 2 is 1.47 bits per heavy atom. The highest BCUT2D eigenvalue weighted by Gasteiger charge is 2.29. The van der Waals surface area contributed by atoms with Gasteiger partial charge in [-0.2, -0.15) is 0 Å². The third kappa shape index (κ3) is 13.4. The Balaban J connectivity index is 1.49. The summed E-state index contributed by atoms with van der Waals surface area (Å²) in [5.74, 6) is -2.39. The molecular weight excluding hydrogens is 681 g/mol. The van der Waals surface area contributed by atoms with Crippen molar-refractivity contribution >= 4 is 29.9 Å². The number of halogens is 1. The van der Waals surface area contributed by atoms with Gasteiger partial charge in [0.25, 0.3) is 0 Å². The molecule has 0 aliphatic heterocycles. The Hall–Kier alpha value is -5.14. The number of nitrogens with two attached hydrogens (primary N) is 1. The number of nitrogens with one attached hydrogen (secondary N) is 3. The molecule has 0 unspecified atom stereocenters. The Morgan fingerprint density at radius 1 is 0.849 bits per heavy atom. The van der Waals surface area contributed by atoms with Crippen LogP contribution in [0, 0.1) is 26.6 Å². The number of unbranched alkanes of at least 4 members (excludes halogenated alkanes) is 1. The molecule has 3 rings (SSSR count). The number of aryl methyl sites for hydroxylation is 3. The van der Waals surface area contributed by atoms with Crippen molar-refractivity contribution in [2.24, 2.45) is 5.73 Å². The zero-order valence-electron chi connectivity index (χ0n) is 30.8. The Morgan fingerprint density at radius 3 is 2.08 bits per heavy atom. The lowest BCUT2D eigenvalue weighted by Crippen LogP contribution is -2.53. The predicted octanol–water partition coefficient (Wildman–Crippen LogP) is 2.39. The van der Waals surface area contributed by atoms with Crippen LogP contribution in [0.15, 0.2) is 60.7 Å². The van der Waals surface area contributed by atoms with E-state index in [9.17, 15) is 38.6 Å². The van der Waals surface area contributed by atoms with Gasteiger partial charge in [-0.1, -0.05) is 36.4 Å². The van der Waals surface area contributed by atoms with E-state index in [2.05, 4.69) is 16.0 Å². The van der Waals surface area contributed by atoms with E-state index < -0.39 is 48.5 Å². The van der Waals surface area contributed by atoms with Gasteiger partial charge >= 0.3 is 0 Å². The summed E-state index contributed by atoms with van der Waals surface area (Å²) < 4.78 is 13.3. The summed E-state index contributed by atoms with van der Waals surface area (Å²) in [6, 6.07) is 11.9. The van der Waals surface area contributed by atoms with E-state index in [0.717, 1.165) is 27.8 Å². The number of nitrogens with zero attached hydrogens (tertiary/aromatic N) is 1. The highest BCUT2D eigenvalue weighted by atomic mass is 19.1. The first-order valence-electron chi connectivity index (χ1n) is 17.7. The van der Waals surface area contributed by atoms with Gasteiger partial charge in [0.1, 0.15) is 23.7 Å². The van der Waals surface area contributed by atoms with Crippen LogP contribution < -0.4 is 21.7 Å². The van der Waals surface area contributed by atoms with Gasteiger partial charge < -0.3 is 36.8 Å². The molecule has 53 heavy (non-hydrogen) atoms. The second kappa shape index (κ2) is 20.8. The molecule has 0 saturated heterocycles. The summed E-state index contributed by atoms with van der Waals surface area (Å²) in [5, 5.41) is 27.3. The summed E-state index contributed by atoms with van der Waals surface area (Å²) in [7, 11) is 1.50. The van der Waals surface area contributed by atoms with Crippen LogP contribution in [0.2, 0.25) is 0 Å². The fourth-order valence-corrected chi connectivity index (χ4v) is 5.81. The van der Waals surface area contributed by atoms with Gasteiger partial charge in [0.2, 0.25) is 29.9 Å². The van der Waals surface area contributed by atoms with Crippen LogP contribution in [0.5, 0.6) is 5.75 Å². The molecule has 285 valence electrons. The number of aromatic hydroxyl groups is 1. The first kappa shape index (κ1) is 42.3. The summed E-state index contributed by atoms with van der Waals surface area (Å²) >= 11 is 0. The minimum absolute atomic E-state index is 0.0464. The summed E-state index contributed by atoms with van der Waals surface area (Å²) in [5.41, 5.74) is 11.8. The highest BCUT2D eigenvalue weighted by molar-refractivity contribution is 5.90. The standard InChI is InChI=1S/C40H51FN5O7/c1-25-19-30(20-26(2)27(25)3)21-34(42)38(51)45-35(24-48)39(52)43-18-6-5-7-32(23-47)44-40(53)36(22-29-10-15-33(49)16-11-29)46(4)37(50)17-12-28-8-13-31(41)14-9-28/h8-11,13-16,19-20,32,34-36,48-49H,5-7,12,17-18,21-22,24,42H2,1-4H3,(H,43,52)(H,44,53)(H,45,51)/t32-,34+,35+,36+/m1/s1. The van der Waals surface area contributed by atoms with E-state index in [1.54, 1.807) is 24.3 Å². The number of amides is 4. The lowest BCUT2D eigenvalue weighted by atomic mass is 9.97. The molecule has 0 bridgehead atoms. The lowest BCUT2D eigenvalue weighted by Gasteiger charge is -2.28. The fourth-order valence-electron chi connectivity index (χ4n) is 5.81. The number of carbonyl (C=O) groups excluding carboxylic acids is 5. The highest BCUT2D eigenvalue weighted by Crippen LogP contribution is 2.18. The van der Waals surface area contributed by atoms with Crippen LogP contribution in [-0.2, 0) is 43.2 Å². The molecule has 3 aromatic rings. The first-order chi connectivity index (χ1) is 25.2. The van der Waals surface area contributed by atoms with E-state index in [1.165, 1.54) is 36.2 Å². The third-order valence-electron chi connectivity index (χ3n) is 9.34. The largest absolute Gasteiger partial charge is 0.508 e. The maximum absolute atomic E-state index is 13.5. The summed E-state index contributed by atoms with van der Waals surface area (Å²) in [6.45, 7) is 5.53. The maximum Gasteiger partial charge on any atom is 0.244 e. The number of aliphatic hydroxyl groups is 1. The molecule has 4 amide bonds. The average molecular weight is 733 g/mol. The molecule has 0 aliphatic carbocycles. The molecule has 7 N–H and O–H groups in total. The smallest absolute Gasteiger partial charge is 0.244 e.